The van der Waals surface area contributed by atoms with Crippen molar-refractivity contribution in [3.8, 4) is 6.07 Å². The molecule has 0 radical (unpaired) electrons. The van der Waals surface area contributed by atoms with Crippen LogP contribution in [0.2, 0.25) is 0 Å². The second-order valence-electron chi connectivity index (χ2n) is 6.05. The van der Waals surface area contributed by atoms with Gasteiger partial charge in [-0.3, -0.25) is 0 Å². The van der Waals surface area contributed by atoms with Crippen molar-refractivity contribution in [3.05, 3.63) is 29.3 Å². The van der Waals surface area contributed by atoms with Crippen LogP contribution in [0, 0.1) is 35.5 Å². The highest BCUT2D eigenvalue weighted by atomic mass is 15.2. The number of nitrogens with zero attached hydrogens (tertiary/aromatic N) is 2. The van der Waals surface area contributed by atoms with Crippen LogP contribution < -0.4 is 4.90 Å². The van der Waals surface area contributed by atoms with Crippen LogP contribution in [0.4, 0.5) is 5.69 Å². The maximum atomic E-state index is 8.87. The Bertz CT molecular complexity index is 496. The van der Waals surface area contributed by atoms with Gasteiger partial charge in [0.1, 0.15) is 0 Å². The van der Waals surface area contributed by atoms with Crippen LogP contribution in [0.5, 0.6) is 0 Å². The summed E-state index contributed by atoms with van der Waals surface area (Å²) in [5.41, 5.74) is 3.86. The van der Waals surface area contributed by atoms with Gasteiger partial charge in [0, 0.05) is 18.8 Å². The van der Waals surface area contributed by atoms with E-state index in [-0.39, 0.29) is 0 Å². The topological polar surface area (TPSA) is 27.0 Å². The van der Waals surface area contributed by atoms with E-state index in [1.807, 2.05) is 12.1 Å². The summed E-state index contributed by atoms with van der Waals surface area (Å²) in [6.07, 6.45) is 0. The van der Waals surface area contributed by atoms with Crippen molar-refractivity contribution in [1.29, 1.82) is 5.26 Å². The highest BCUT2D eigenvalue weighted by molar-refractivity contribution is 5.57. The molecule has 88 valence electrons. The van der Waals surface area contributed by atoms with Crippen molar-refractivity contribution in [2.45, 2.75) is 20.8 Å². The largest absolute Gasteiger partial charge is 0.371 e. The van der Waals surface area contributed by atoms with Crippen molar-refractivity contribution in [2.24, 2.45) is 17.3 Å². The molecule has 1 saturated carbocycles. The maximum absolute atomic E-state index is 8.87. The van der Waals surface area contributed by atoms with Crippen molar-refractivity contribution in [3.63, 3.8) is 0 Å². The number of hydrogen-bond donors (Lipinski definition) is 0. The summed E-state index contributed by atoms with van der Waals surface area (Å²) in [6, 6.07) is 8.22. The molecule has 0 bridgehead atoms. The first-order valence-corrected chi connectivity index (χ1v) is 6.29. The van der Waals surface area contributed by atoms with Crippen LogP contribution in [0.15, 0.2) is 18.2 Å². The number of nitriles is 1. The fourth-order valence-electron chi connectivity index (χ4n) is 3.41. The Labute approximate surface area is 103 Å². The van der Waals surface area contributed by atoms with Crippen LogP contribution in [0.25, 0.3) is 0 Å². The average molecular weight is 226 g/mol. The third kappa shape index (κ3) is 1.45. The Hall–Kier alpha value is -1.49. The molecule has 0 aromatic heterocycles. The summed E-state index contributed by atoms with van der Waals surface area (Å²) < 4.78 is 0. The monoisotopic (exact) mass is 226 g/mol. The van der Waals surface area contributed by atoms with Gasteiger partial charge < -0.3 is 4.90 Å². The van der Waals surface area contributed by atoms with E-state index >= 15 is 0 Å². The number of rotatable bonds is 1. The molecule has 0 spiro atoms. The zero-order valence-corrected chi connectivity index (χ0v) is 10.7. The van der Waals surface area contributed by atoms with Crippen molar-refractivity contribution in [1.82, 2.24) is 0 Å². The minimum atomic E-state index is 0.566. The first-order chi connectivity index (χ1) is 8.04. The van der Waals surface area contributed by atoms with Crippen molar-refractivity contribution in [2.75, 3.05) is 18.0 Å². The number of benzene rings is 1. The number of aryl methyl sites for hydroxylation is 1. The summed E-state index contributed by atoms with van der Waals surface area (Å²) in [5.74, 6) is 1.75. The van der Waals surface area contributed by atoms with Crippen LogP contribution in [-0.2, 0) is 0 Å². The first kappa shape index (κ1) is 10.7. The van der Waals surface area contributed by atoms with Crippen molar-refractivity contribution < 1.29 is 0 Å². The molecule has 17 heavy (non-hydrogen) atoms. The third-order valence-corrected chi connectivity index (χ3v) is 4.79. The number of piperidine rings is 1. The number of fused-ring (bicyclic) bond motifs is 1. The Morgan fingerprint density at radius 1 is 1.29 bits per heavy atom. The van der Waals surface area contributed by atoms with Gasteiger partial charge in [-0.25, -0.2) is 0 Å². The summed E-state index contributed by atoms with van der Waals surface area (Å²) in [7, 11) is 0. The predicted molar refractivity (Wildman–Crippen MR) is 68.9 cm³/mol. The van der Waals surface area contributed by atoms with E-state index in [1.54, 1.807) is 0 Å². The highest BCUT2D eigenvalue weighted by Gasteiger charge is 2.61. The molecular weight excluding hydrogens is 208 g/mol. The predicted octanol–water partition coefficient (Wildman–Crippen LogP) is 2.96. The third-order valence-electron chi connectivity index (χ3n) is 4.79. The summed E-state index contributed by atoms with van der Waals surface area (Å²) >= 11 is 0. The fourth-order valence-corrected chi connectivity index (χ4v) is 3.41. The van der Waals surface area contributed by atoms with Gasteiger partial charge in [-0.15, -0.1) is 0 Å². The molecule has 2 unspecified atom stereocenters. The van der Waals surface area contributed by atoms with E-state index in [0.717, 1.165) is 17.4 Å². The molecular formula is C15H18N2. The van der Waals surface area contributed by atoms with Gasteiger partial charge in [0.15, 0.2) is 0 Å². The second-order valence-corrected chi connectivity index (χ2v) is 6.05. The Morgan fingerprint density at radius 2 is 1.94 bits per heavy atom. The zero-order chi connectivity index (χ0) is 12.2. The van der Waals surface area contributed by atoms with Crippen LogP contribution in [0.3, 0.4) is 0 Å². The molecule has 0 amide bonds. The van der Waals surface area contributed by atoms with Gasteiger partial charge in [-0.2, -0.15) is 5.26 Å². The smallest absolute Gasteiger partial charge is 0.0991 e. The van der Waals surface area contributed by atoms with E-state index < -0.39 is 0 Å². The summed E-state index contributed by atoms with van der Waals surface area (Å²) in [4.78, 5) is 2.48. The molecule has 3 rings (SSSR count). The van der Waals surface area contributed by atoms with Crippen molar-refractivity contribution >= 4 is 5.69 Å². The molecule has 1 saturated heterocycles. The molecule has 2 atom stereocenters. The zero-order valence-electron chi connectivity index (χ0n) is 10.7. The van der Waals surface area contributed by atoms with E-state index in [0.29, 0.717) is 5.41 Å². The molecule has 2 fully saturated rings. The maximum Gasteiger partial charge on any atom is 0.0991 e. The molecule has 1 heterocycles. The van der Waals surface area contributed by atoms with Gasteiger partial charge in [-0.1, -0.05) is 13.8 Å². The van der Waals surface area contributed by atoms with Gasteiger partial charge in [0.2, 0.25) is 0 Å². The molecule has 1 aliphatic heterocycles. The Kier molecular flexibility index (Phi) is 2.04. The normalized spacial score (nSPS) is 28.7. The van der Waals surface area contributed by atoms with E-state index in [1.165, 1.54) is 24.3 Å². The summed E-state index contributed by atoms with van der Waals surface area (Å²) in [6.45, 7) is 9.23. The lowest BCUT2D eigenvalue weighted by atomic mass is 10.0. The van der Waals surface area contributed by atoms with E-state index in [9.17, 15) is 0 Å². The lowest BCUT2D eigenvalue weighted by molar-refractivity contribution is 0.499. The van der Waals surface area contributed by atoms with Gasteiger partial charge in [0.25, 0.3) is 0 Å². The number of hydrogen-bond acceptors (Lipinski definition) is 2. The standard InChI is InChI=1S/C15H18N2/c1-10-6-11(7-16)4-5-14(10)17-8-12-13(9-17)15(12,2)3/h4-6,12-13H,8-9H2,1-3H3. The van der Waals surface area contributed by atoms with E-state index in [2.05, 4.69) is 37.8 Å². The minimum absolute atomic E-state index is 0.566. The quantitative estimate of drug-likeness (QED) is 0.736. The van der Waals surface area contributed by atoms with Crippen LogP contribution in [0.1, 0.15) is 25.0 Å². The number of anilines is 1. The van der Waals surface area contributed by atoms with Gasteiger partial charge in [0.05, 0.1) is 11.6 Å². The molecule has 2 heteroatoms. The Balaban J connectivity index is 1.82. The molecule has 1 aliphatic carbocycles. The fraction of sp³-hybridized carbons (Fsp3) is 0.533. The van der Waals surface area contributed by atoms with E-state index in [4.69, 9.17) is 5.26 Å². The lowest BCUT2D eigenvalue weighted by Gasteiger charge is -2.25. The first-order valence-electron chi connectivity index (χ1n) is 6.29. The molecule has 1 aromatic carbocycles. The average Bonchev–Trinajstić information content (AvgIpc) is 2.70. The molecule has 0 N–H and O–H groups in total. The van der Waals surface area contributed by atoms with Crippen LogP contribution >= 0.6 is 0 Å². The minimum Gasteiger partial charge on any atom is -0.371 e. The Morgan fingerprint density at radius 3 is 2.47 bits per heavy atom. The van der Waals surface area contributed by atoms with Crippen LogP contribution in [-0.4, -0.2) is 13.1 Å². The van der Waals surface area contributed by atoms with Gasteiger partial charge in [-0.05, 0) is 47.9 Å². The highest BCUT2D eigenvalue weighted by Crippen LogP contribution is 2.62. The molecule has 2 aliphatic rings. The SMILES string of the molecule is Cc1cc(C#N)ccc1N1CC2C(C1)C2(C)C. The summed E-state index contributed by atoms with van der Waals surface area (Å²) in [5, 5.41) is 8.87. The second kappa shape index (κ2) is 3.26. The lowest BCUT2D eigenvalue weighted by Crippen LogP contribution is -2.26. The molecule has 1 aromatic rings. The molecule has 2 nitrogen and oxygen atoms in total. The van der Waals surface area contributed by atoms with Gasteiger partial charge >= 0.3 is 0 Å².